The molecule has 0 radical (unpaired) electrons. The Kier molecular flexibility index (Phi) is 8.61. The predicted molar refractivity (Wildman–Crippen MR) is 53.7 cm³/mol. The van der Waals surface area contributed by atoms with E-state index in [4.69, 9.17) is 0 Å². The monoisotopic (exact) mass is 218 g/mol. The molecule has 0 aromatic rings. The zero-order chi connectivity index (χ0) is 11.1. The van der Waals surface area contributed by atoms with Crippen molar-refractivity contribution >= 4 is 18.1 Å². The topological polar surface area (TPSA) is 0 Å². The van der Waals surface area contributed by atoms with Gasteiger partial charge in [-0.3, -0.25) is 0 Å². The van der Waals surface area contributed by atoms with Crippen LogP contribution in [0.3, 0.4) is 0 Å². The third kappa shape index (κ3) is 48.7. The van der Waals surface area contributed by atoms with Crippen LogP contribution in [0.1, 0.15) is 13.8 Å². The Morgan fingerprint density at radius 2 is 1.46 bits per heavy atom. The minimum absolute atomic E-state index is 0.587. The number of allylic oxidation sites excluding steroid dienone is 1. The minimum Gasteiger partial charge on any atom is -0.418 e. The zero-order valence-electron chi connectivity index (χ0n) is 8.28. The van der Waals surface area contributed by atoms with Crippen molar-refractivity contribution in [1.29, 1.82) is 0 Å². The normalized spacial score (nSPS) is 10.5. The summed E-state index contributed by atoms with van der Waals surface area (Å²) in [7, 11) is -5.41. The SMILES string of the molecule is CC(C)=CC[S+](C)C.F[B-](F)(F)F. The lowest BCUT2D eigenvalue weighted by molar-refractivity contribution is 0.368. The van der Waals surface area contributed by atoms with Crippen molar-refractivity contribution < 1.29 is 17.3 Å². The fourth-order valence-electron chi connectivity index (χ4n) is 0.333. The largest absolute Gasteiger partial charge is 0.673 e. The Morgan fingerprint density at radius 1 is 1.15 bits per heavy atom. The third-order valence-electron chi connectivity index (χ3n) is 0.825. The van der Waals surface area contributed by atoms with Crippen molar-refractivity contribution in [3.05, 3.63) is 11.6 Å². The number of hydrogen-bond donors (Lipinski definition) is 0. The Morgan fingerprint density at radius 3 is 1.54 bits per heavy atom. The molecule has 0 fully saturated rings. The summed E-state index contributed by atoms with van der Waals surface area (Å²) in [6.07, 6.45) is 6.82. The van der Waals surface area contributed by atoms with Crippen LogP contribution in [0.25, 0.3) is 0 Å². The minimum atomic E-state index is -6.00. The quantitative estimate of drug-likeness (QED) is 0.289. The van der Waals surface area contributed by atoms with Crippen LogP contribution in [-0.2, 0) is 10.9 Å². The van der Waals surface area contributed by atoms with Crippen LogP contribution in [0.15, 0.2) is 11.6 Å². The summed E-state index contributed by atoms with van der Waals surface area (Å²) in [6.45, 7) is 4.29. The molecule has 0 amide bonds. The van der Waals surface area contributed by atoms with Crippen LogP contribution >= 0.6 is 0 Å². The van der Waals surface area contributed by atoms with Crippen LogP contribution in [0.5, 0.6) is 0 Å². The first-order valence-corrected chi connectivity index (χ1v) is 5.89. The van der Waals surface area contributed by atoms with Gasteiger partial charge in [-0.15, -0.1) is 0 Å². The van der Waals surface area contributed by atoms with Crippen molar-refractivity contribution in [3.8, 4) is 0 Å². The van der Waals surface area contributed by atoms with E-state index in [2.05, 4.69) is 32.4 Å². The van der Waals surface area contributed by atoms with Crippen LogP contribution in [0, 0.1) is 0 Å². The maximum atomic E-state index is 9.75. The van der Waals surface area contributed by atoms with E-state index in [0.29, 0.717) is 10.9 Å². The first-order valence-electron chi connectivity index (χ1n) is 3.67. The van der Waals surface area contributed by atoms with E-state index in [-0.39, 0.29) is 0 Å². The van der Waals surface area contributed by atoms with E-state index in [0.717, 1.165) is 0 Å². The van der Waals surface area contributed by atoms with Crippen molar-refractivity contribution in [1.82, 2.24) is 0 Å². The molecule has 0 spiro atoms. The number of rotatable bonds is 2. The molecule has 0 unspecified atom stereocenters. The summed E-state index contributed by atoms with van der Waals surface area (Å²) in [4.78, 5) is 0. The highest BCUT2D eigenvalue weighted by Crippen LogP contribution is 2.06. The first kappa shape index (κ1) is 15.4. The lowest BCUT2D eigenvalue weighted by Crippen LogP contribution is -2.02. The Balaban J connectivity index is 0. The first-order chi connectivity index (χ1) is 5.63. The van der Waals surface area contributed by atoms with Crippen molar-refractivity contribution in [3.63, 3.8) is 0 Å². The Hall–Kier alpha value is -0.125. The van der Waals surface area contributed by atoms with Gasteiger partial charge in [-0.2, -0.15) is 0 Å². The molecule has 80 valence electrons. The predicted octanol–water partition coefficient (Wildman–Crippen LogP) is 3.13. The van der Waals surface area contributed by atoms with Gasteiger partial charge in [0.05, 0.1) is 12.5 Å². The van der Waals surface area contributed by atoms with E-state index < -0.39 is 7.25 Å². The summed E-state index contributed by atoms with van der Waals surface area (Å²) >= 11 is 0. The van der Waals surface area contributed by atoms with Crippen LogP contribution in [0.2, 0.25) is 0 Å². The Labute approximate surface area is 79.9 Å². The second-order valence-corrected chi connectivity index (χ2v) is 5.23. The highest BCUT2D eigenvalue weighted by atomic mass is 32.2. The average molecular weight is 218 g/mol. The summed E-state index contributed by atoms with van der Waals surface area (Å²) in [5, 5.41) is 0. The second kappa shape index (κ2) is 7.29. The molecule has 0 nitrogen and oxygen atoms in total. The molecule has 0 rings (SSSR count). The third-order valence-corrected chi connectivity index (χ3v) is 1.66. The van der Waals surface area contributed by atoms with Gasteiger partial charge in [0, 0.05) is 0 Å². The maximum Gasteiger partial charge on any atom is 0.673 e. The molecule has 0 aromatic carbocycles. The van der Waals surface area contributed by atoms with Gasteiger partial charge in [-0.05, 0) is 30.8 Å². The van der Waals surface area contributed by atoms with Crippen LogP contribution < -0.4 is 0 Å². The summed E-state index contributed by atoms with van der Waals surface area (Å²) < 4.78 is 39.0. The van der Waals surface area contributed by atoms with Crippen molar-refractivity contribution in [2.24, 2.45) is 0 Å². The molecule has 0 aliphatic heterocycles. The fraction of sp³-hybridized carbons (Fsp3) is 0.714. The van der Waals surface area contributed by atoms with Gasteiger partial charge in [0.15, 0.2) is 0 Å². The van der Waals surface area contributed by atoms with Crippen molar-refractivity contribution in [2.75, 3.05) is 18.3 Å². The van der Waals surface area contributed by atoms with Crippen LogP contribution in [-0.4, -0.2) is 25.5 Å². The maximum absolute atomic E-state index is 9.75. The van der Waals surface area contributed by atoms with Gasteiger partial charge >= 0.3 is 7.25 Å². The van der Waals surface area contributed by atoms with Crippen LogP contribution in [0.4, 0.5) is 17.3 Å². The molecule has 0 N–H and O–H groups in total. The van der Waals surface area contributed by atoms with Gasteiger partial charge < -0.3 is 17.3 Å². The molecule has 0 aliphatic rings. The highest BCUT2D eigenvalue weighted by Gasteiger charge is 2.20. The summed E-state index contributed by atoms with van der Waals surface area (Å²) in [5.41, 5.74) is 1.44. The average Bonchev–Trinajstić information content (AvgIpc) is 1.79. The van der Waals surface area contributed by atoms with E-state index in [1.165, 1.54) is 11.3 Å². The summed E-state index contributed by atoms with van der Waals surface area (Å²) in [5.74, 6) is 1.25. The molecular formula is C7H15BF4S. The van der Waals surface area contributed by atoms with Gasteiger partial charge in [0.1, 0.15) is 5.75 Å². The standard InChI is InChI=1S/C7H15S.BF4/c1-7(2)5-6-8(3)4;2-1(3,4)5/h5H,6H2,1-4H3;/q+1;-1. The number of halogens is 4. The molecule has 6 heteroatoms. The summed E-state index contributed by atoms with van der Waals surface area (Å²) in [6, 6.07) is 0. The van der Waals surface area contributed by atoms with Crippen molar-refractivity contribution in [2.45, 2.75) is 13.8 Å². The lowest BCUT2D eigenvalue weighted by atomic mass is 10.3. The van der Waals surface area contributed by atoms with Gasteiger partial charge in [0.2, 0.25) is 0 Å². The second-order valence-electron chi connectivity index (χ2n) is 2.93. The van der Waals surface area contributed by atoms with E-state index >= 15 is 0 Å². The molecule has 0 saturated heterocycles. The number of hydrogen-bond acceptors (Lipinski definition) is 0. The molecule has 0 aliphatic carbocycles. The fourth-order valence-corrected chi connectivity index (χ4v) is 1.000. The highest BCUT2D eigenvalue weighted by molar-refractivity contribution is 7.95. The van der Waals surface area contributed by atoms with E-state index in [9.17, 15) is 17.3 Å². The lowest BCUT2D eigenvalue weighted by Gasteiger charge is -1.94. The smallest absolute Gasteiger partial charge is 0.418 e. The molecule has 0 heterocycles. The van der Waals surface area contributed by atoms with E-state index in [1.807, 2.05) is 0 Å². The van der Waals surface area contributed by atoms with Gasteiger partial charge in [-0.1, -0.05) is 5.57 Å². The molecule has 0 bridgehead atoms. The molecular weight excluding hydrogens is 203 g/mol. The molecule has 0 atom stereocenters. The zero-order valence-corrected chi connectivity index (χ0v) is 9.10. The Bertz CT molecular complexity index is 143. The molecule has 13 heavy (non-hydrogen) atoms. The molecule has 0 saturated carbocycles. The van der Waals surface area contributed by atoms with Gasteiger partial charge in [0.25, 0.3) is 0 Å². The molecule has 0 aromatic heterocycles. The van der Waals surface area contributed by atoms with Gasteiger partial charge in [-0.25, -0.2) is 0 Å². The van der Waals surface area contributed by atoms with E-state index in [1.54, 1.807) is 0 Å².